The summed E-state index contributed by atoms with van der Waals surface area (Å²) in [5.74, 6) is -0.174. The van der Waals surface area contributed by atoms with Crippen LogP contribution >= 0.6 is 0 Å². The molecule has 3 N–H and O–H groups in total. The third-order valence-corrected chi connectivity index (χ3v) is 4.74. The topological polar surface area (TPSA) is 83.5 Å². The smallest absolute Gasteiger partial charge is 0.251 e. The molecule has 1 saturated carbocycles. The van der Waals surface area contributed by atoms with Crippen molar-refractivity contribution in [2.24, 2.45) is 0 Å². The lowest BCUT2D eigenvalue weighted by Crippen LogP contribution is -2.48. The lowest BCUT2D eigenvalue weighted by Gasteiger charge is -2.27. The highest BCUT2D eigenvalue weighted by atomic mass is 16.5. The molecule has 1 aliphatic carbocycles. The van der Waals surface area contributed by atoms with Crippen LogP contribution in [-0.4, -0.2) is 53.4 Å². The Balaban J connectivity index is 1.45. The monoisotopic (exact) mass is 319 g/mol. The number of aliphatic hydroxyl groups excluding tert-OH is 1. The Morgan fingerprint density at radius 2 is 2.00 bits per heavy atom. The van der Waals surface area contributed by atoms with Gasteiger partial charge in [-0.2, -0.15) is 0 Å². The van der Waals surface area contributed by atoms with E-state index in [1.165, 1.54) is 32.1 Å². The van der Waals surface area contributed by atoms with Crippen LogP contribution in [0.25, 0.3) is 0 Å². The first-order valence-electron chi connectivity index (χ1n) is 8.48. The predicted molar refractivity (Wildman–Crippen MR) is 86.1 cm³/mol. The molecule has 1 aliphatic heterocycles. The third-order valence-electron chi connectivity index (χ3n) is 4.74. The molecule has 126 valence electrons. The molecule has 3 rings (SSSR count). The van der Waals surface area contributed by atoms with Gasteiger partial charge in [-0.25, -0.2) is 0 Å². The Bertz CT molecular complexity index is 505. The number of nitrogens with zero attached hydrogens (tertiary/aromatic N) is 1. The maximum Gasteiger partial charge on any atom is 0.251 e. The number of pyridine rings is 1. The fraction of sp³-hybridized carbons (Fsp3) is 0.647. The molecule has 1 aromatic rings. The number of aliphatic hydroxyl groups is 1. The molecule has 2 aliphatic rings. The van der Waals surface area contributed by atoms with Crippen LogP contribution in [0.1, 0.15) is 42.5 Å². The van der Waals surface area contributed by atoms with Gasteiger partial charge in [0, 0.05) is 30.5 Å². The first kappa shape index (κ1) is 16.4. The van der Waals surface area contributed by atoms with Crippen LogP contribution in [-0.2, 0) is 4.74 Å². The van der Waals surface area contributed by atoms with Gasteiger partial charge in [-0.3, -0.25) is 9.78 Å². The highest BCUT2D eigenvalue weighted by Gasteiger charge is 2.37. The minimum Gasteiger partial charge on any atom is -0.389 e. The van der Waals surface area contributed by atoms with Crippen LogP contribution in [0.15, 0.2) is 24.5 Å². The molecular formula is C17H25N3O3. The summed E-state index contributed by atoms with van der Waals surface area (Å²) in [5.41, 5.74) is 0.560. The summed E-state index contributed by atoms with van der Waals surface area (Å²) in [7, 11) is 0. The number of carbonyl (C=O) groups excluding carboxylic acids is 1. The number of carbonyl (C=O) groups is 1. The molecular weight excluding hydrogens is 294 g/mol. The van der Waals surface area contributed by atoms with Crippen LogP contribution in [0.4, 0.5) is 0 Å². The number of hydrogen-bond donors (Lipinski definition) is 3. The average molecular weight is 319 g/mol. The van der Waals surface area contributed by atoms with Crippen molar-refractivity contribution in [3.63, 3.8) is 0 Å². The van der Waals surface area contributed by atoms with Crippen molar-refractivity contribution in [1.29, 1.82) is 0 Å². The Morgan fingerprint density at radius 1 is 1.26 bits per heavy atom. The molecule has 23 heavy (non-hydrogen) atoms. The van der Waals surface area contributed by atoms with Gasteiger partial charge in [0.25, 0.3) is 5.91 Å². The lowest BCUT2D eigenvalue weighted by atomic mass is 9.94. The second-order valence-corrected chi connectivity index (χ2v) is 6.42. The molecule has 0 spiro atoms. The second kappa shape index (κ2) is 7.86. The van der Waals surface area contributed by atoms with E-state index < -0.39 is 6.10 Å². The molecule has 0 aromatic carbocycles. The summed E-state index contributed by atoms with van der Waals surface area (Å²) < 4.78 is 5.67. The van der Waals surface area contributed by atoms with E-state index >= 15 is 0 Å². The summed E-state index contributed by atoms with van der Waals surface area (Å²) in [5, 5.41) is 16.8. The van der Waals surface area contributed by atoms with Crippen LogP contribution in [0, 0.1) is 0 Å². The van der Waals surface area contributed by atoms with Crippen LogP contribution in [0.3, 0.4) is 0 Å². The van der Waals surface area contributed by atoms with Crippen molar-refractivity contribution >= 4 is 5.91 Å². The summed E-state index contributed by atoms with van der Waals surface area (Å²) >= 11 is 0. The quantitative estimate of drug-likeness (QED) is 0.750. The zero-order valence-corrected chi connectivity index (χ0v) is 13.3. The van der Waals surface area contributed by atoms with Gasteiger partial charge >= 0.3 is 0 Å². The molecule has 0 radical (unpaired) electrons. The molecule has 3 atom stereocenters. The van der Waals surface area contributed by atoms with Crippen molar-refractivity contribution in [2.75, 3.05) is 13.2 Å². The fourth-order valence-electron chi connectivity index (χ4n) is 3.38. The van der Waals surface area contributed by atoms with Crippen molar-refractivity contribution in [3.8, 4) is 0 Å². The molecule has 2 heterocycles. The Morgan fingerprint density at radius 3 is 2.74 bits per heavy atom. The van der Waals surface area contributed by atoms with Gasteiger partial charge < -0.3 is 20.5 Å². The summed E-state index contributed by atoms with van der Waals surface area (Å²) in [6.07, 6.45) is 8.39. The molecule has 0 bridgehead atoms. The van der Waals surface area contributed by atoms with Crippen LogP contribution in [0.5, 0.6) is 0 Å². The standard InChI is InChI=1S/C17H25N3O3/c21-16-14(20-13-4-2-1-3-5-13)11-23-15(16)10-19-17(22)12-6-8-18-9-7-12/h6-9,13-16,20-21H,1-5,10-11H2,(H,19,22)/t14-,15-,16+/m1/s1. The first-order chi connectivity index (χ1) is 11.2. The van der Waals surface area contributed by atoms with Crippen molar-refractivity contribution in [1.82, 2.24) is 15.6 Å². The summed E-state index contributed by atoms with van der Waals surface area (Å²) in [6, 6.07) is 3.77. The molecule has 1 amide bonds. The van der Waals surface area contributed by atoms with E-state index in [9.17, 15) is 9.90 Å². The lowest BCUT2D eigenvalue weighted by molar-refractivity contribution is 0.0394. The average Bonchev–Trinajstić information content (AvgIpc) is 2.94. The first-order valence-corrected chi connectivity index (χ1v) is 8.48. The Labute approximate surface area is 136 Å². The fourth-order valence-corrected chi connectivity index (χ4v) is 3.38. The van der Waals surface area contributed by atoms with Crippen molar-refractivity contribution < 1.29 is 14.6 Å². The van der Waals surface area contributed by atoms with Gasteiger partial charge in [0.2, 0.25) is 0 Å². The second-order valence-electron chi connectivity index (χ2n) is 6.42. The highest BCUT2D eigenvalue weighted by Crippen LogP contribution is 2.21. The SMILES string of the molecule is O=C(NC[C@H]1OC[C@@H](NC2CCCCC2)[C@@H]1O)c1ccncc1. The van der Waals surface area contributed by atoms with Gasteiger partial charge in [-0.1, -0.05) is 19.3 Å². The Hall–Kier alpha value is -1.50. The van der Waals surface area contributed by atoms with Gasteiger partial charge in [0.1, 0.15) is 6.10 Å². The zero-order valence-electron chi connectivity index (χ0n) is 13.3. The number of nitrogens with one attached hydrogen (secondary N) is 2. The van der Waals surface area contributed by atoms with Gasteiger partial charge in [-0.05, 0) is 25.0 Å². The normalized spacial score (nSPS) is 28.7. The molecule has 2 fully saturated rings. The van der Waals surface area contributed by atoms with E-state index in [2.05, 4.69) is 15.6 Å². The van der Waals surface area contributed by atoms with Crippen LogP contribution < -0.4 is 10.6 Å². The number of rotatable bonds is 5. The molecule has 1 saturated heterocycles. The van der Waals surface area contributed by atoms with Gasteiger partial charge in [-0.15, -0.1) is 0 Å². The van der Waals surface area contributed by atoms with Gasteiger partial charge in [0.05, 0.1) is 18.8 Å². The zero-order chi connectivity index (χ0) is 16.1. The van der Waals surface area contributed by atoms with E-state index in [0.717, 1.165) is 0 Å². The predicted octanol–water partition coefficient (Wildman–Crippen LogP) is 0.862. The number of amides is 1. The van der Waals surface area contributed by atoms with Crippen molar-refractivity contribution in [3.05, 3.63) is 30.1 Å². The minimum atomic E-state index is -0.588. The maximum atomic E-state index is 12.0. The molecule has 1 aromatic heterocycles. The van der Waals surface area contributed by atoms with E-state index in [-0.39, 0.29) is 18.1 Å². The number of aromatic nitrogens is 1. The van der Waals surface area contributed by atoms with Crippen molar-refractivity contribution in [2.45, 2.75) is 56.4 Å². The van der Waals surface area contributed by atoms with E-state index in [4.69, 9.17) is 4.74 Å². The number of ether oxygens (including phenoxy) is 1. The summed E-state index contributed by atoms with van der Waals surface area (Å²) in [4.78, 5) is 15.9. The van der Waals surface area contributed by atoms with E-state index in [1.807, 2.05) is 0 Å². The van der Waals surface area contributed by atoms with Crippen LogP contribution in [0.2, 0.25) is 0 Å². The minimum absolute atomic E-state index is 0.0408. The molecule has 6 heteroatoms. The maximum absolute atomic E-state index is 12.0. The van der Waals surface area contributed by atoms with E-state index in [1.54, 1.807) is 24.5 Å². The largest absolute Gasteiger partial charge is 0.389 e. The molecule has 6 nitrogen and oxygen atoms in total. The third kappa shape index (κ3) is 4.28. The highest BCUT2D eigenvalue weighted by molar-refractivity contribution is 5.93. The number of hydrogen-bond acceptors (Lipinski definition) is 5. The Kier molecular flexibility index (Phi) is 5.59. The van der Waals surface area contributed by atoms with Gasteiger partial charge in [0.15, 0.2) is 0 Å². The molecule has 0 unspecified atom stereocenters. The van der Waals surface area contributed by atoms with E-state index in [0.29, 0.717) is 24.8 Å². The summed E-state index contributed by atoms with van der Waals surface area (Å²) in [6.45, 7) is 0.804.